The van der Waals surface area contributed by atoms with E-state index in [9.17, 15) is 23.7 Å². The van der Waals surface area contributed by atoms with E-state index in [0.29, 0.717) is 5.82 Å². The van der Waals surface area contributed by atoms with Crippen molar-refractivity contribution in [2.75, 3.05) is 12.4 Å². The summed E-state index contributed by atoms with van der Waals surface area (Å²) >= 11 is 0. The number of hydrogen-bond acceptors (Lipinski definition) is 6. The summed E-state index contributed by atoms with van der Waals surface area (Å²) in [6.45, 7) is -3.17. The lowest BCUT2D eigenvalue weighted by molar-refractivity contribution is -0.385. The number of nitro groups is 1. The van der Waals surface area contributed by atoms with Crippen LogP contribution in [-0.2, 0) is 11.8 Å². The molecule has 0 aliphatic rings. The van der Waals surface area contributed by atoms with Crippen LogP contribution in [0.5, 0.6) is 11.5 Å². The van der Waals surface area contributed by atoms with Crippen molar-refractivity contribution in [1.82, 2.24) is 9.78 Å². The van der Waals surface area contributed by atoms with Crippen molar-refractivity contribution in [2.24, 2.45) is 7.05 Å². The standard InChI is InChI=1S/C15H14F2N4O5/c1-20-6-5-13(19-20)18-14(22)4-3-9-7-11(25-2)12(26-15(16)17)8-10(9)21(23)24/h3-8,15H,1-2H3,(H,18,19,22)/b4-3+. The van der Waals surface area contributed by atoms with Gasteiger partial charge in [0.2, 0.25) is 5.91 Å². The third-order valence-electron chi connectivity index (χ3n) is 3.10. The van der Waals surface area contributed by atoms with Gasteiger partial charge in [0.1, 0.15) is 0 Å². The first kappa shape index (κ1) is 18.8. The van der Waals surface area contributed by atoms with Crippen LogP contribution in [0, 0.1) is 10.1 Å². The van der Waals surface area contributed by atoms with Gasteiger partial charge >= 0.3 is 6.61 Å². The minimum Gasteiger partial charge on any atom is -0.493 e. The third-order valence-corrected chi connectivity index (χ3v) is 3.10. The van der Waals surface area contributed by atoms with E-state index in [-0.39, 0.29) is 11.3 Å². The van der Waals surface area contributed by atoms with Crippen molar-refractivity contribution in [3.05, 3.63) is 46.1 Å². The number of alkyl halides is 2. The minimum absolute atomic E-state index is 0.0235. The lowest BCUT2D eigenvalue weighted by atomic mass is 10.1. The normalized spacial score (nSPS) is 11.0. The molecular weight excluding hydrogens is 354 g/mol. The lowest BCUT2D eigenvalue weighted by Crippen LogP contribution is -2.08. The number of anilines is 1. The van der Waals surface area contributed by atoms with E-state index in [1.54, 1.807) is 19.3 Å². The first-order valence-corrected chi connectivity index (χ1v) is 7.10. The van der Waals surface area contributed by atoms with Crippen LogP contribution in [-0.4, -0.2) is 34.3 Å². The fourth-order valence-corrected chi connectivity index (χ4v) is 2.02. The molecule has 0 aliphatic carbocycles. The van der Waals surface area contributed by atoms with Crippen molar-refractivity contribution >= 4 is 23.5 Å². The van der Waals surface area contributed by atoms with Gasteiger partial charge < -0.3 is 14.8 Å². The molecule has 11 heteroatoms. The van der Waals surface area contributed by atoms with Gasteiger partial charge in [-0.05, 0) is 12.1 Å². The van der Waals surface area contributed by atoms with E-state index < -0.39 is 28.9 Å². The molecule has 0 atom stereocenters. The Morgan fingerprint density at radius 1 is 1.42 bits per heavy atom. The van der Waals surface area contributed by atoms with Gasteiger partial charge in [0.05, 0.1) is 23.7 Å². The van der Waals surface area contributed by atoms with Crippen LogP contribution in [0.15, 0.2) is 30.5 Å². The third kappa shape index (κ3) is 4.75. The summed E-state index contributed by atoms with van der Waals surface area (Å²) in [4.78, 5) is 22.3. The first-order chi connectivity index (χ1) is 12.3. The molecule has 1 amide bonds. The maximum absolute atomic E-state index is 12.4. The molecule has 1 aromatic carbocycles. The van der Waals surface area contributed by atoms with Gasteiger partial charge in [0, 0.05) is 25.4 Å². The predicted octanol–water partition coefficient (Wildman–Crippen LogP) is 2.59. The Morgan fingerprint density at radius 3 is 2.69 bits per heavy atom. The number of carbonyl (C=O) groups excluding carboxylic acids is 1. The molecule has 0 aliphatic heterocycles. The summed E-state index contributed by atoms with van der Waals surface area (Å²) in [5.41, 5.74) is -0.548. The molecule has 1 aromatic heterocycles. The number of nitrogens with zero attached hydrogens (tertiary/aromatic N) is 3. The lowest BCUT2D eigenvalue weighted by Gasteiger charge is -2.10. The van der Waals surface area contributed by atoms with Crippen molar-refractivity contribution in [2.45, 2.75) is 6.61 Å². The highest BCUT2D eigenvalue weighted by Gasteiger charge is 2.20. The molecule has 0 saturated heterocycles. The number of carbonyl (C=O) groups is 1. The Balaban J connectivity index is 2.28. The molecule has 9 nitrogen and oxygen atoms in total. The average Bonchev–Trinajstić information content (AvgIpc) is 2.97. The molecule has 0 bridgehead atoms. The summed E-state index contributed by atoms with van der Waals surface area (Å²) in [7, 11) is 2.87. The van der Waals surface area contributed by atoms with Crippen LogP contribution >= 0.6 is 0 Å². The van der Waals surface area contributed by atoms with Gasteiger partial charge in [-0.15, -0.1) is 0 Å². The second-order valence-electron chi connectivity index (χ2n) is 4.89. The van der Waals surface area contributed by atoms with Gasteiger partial charge in [-0.2, -0.15) is 13.9 Å². The average molecular weight is 368 g/mol. The zero-order chi connectivity index (χ0) is 19.3. The van der Waals surface area contributed by atoms with Crippen LogP contribution in [0.3, 0.4) is 0 Å². The zero-order valence-electron chi connectivity index (χ0n) is 13.7. The Hall–Kier alpha value is -3.50. The minimum atomic E-state index is -3.17. The molecule has 1 heterocycles. The van der Waals surface area contributed by atoms with E-state index in [1.807, 2.05) is 0 Å². The van der Waals surface area contributed by atoms with E-state index in [0.717, 1.165) is 24.3 Å². The van der Waals surface area contributed by atoms with E-state index >= 15 is 0 Å². The topological polar surface area (TPSA) is 109 Å². The molecule has 138 valence electrons. The fraction of sp³-hybridized carbons (Fsp3) is 0.200. The largest absolute Gasteiger partial charge is 0.493 e. The van der Waals surface area contributed by atoms with Crippen LogP contribution in [0.2, 0.25) is 0 Å². The number of benzene rings is 1. The summed E-state index contributed by atoms with van der Waals surface area (Å²) in [5.74, 6) is -0.898. The van der Waals surface area contributed by atoms with E-state index in [1.165, 1.54) is 11.8 Å². The summed E-state index contributed by atoms with van der Waals surface area (Å²) in [5, 5.41) is 17.6. The highest BCUT2D eigenvalue weighted by atomic mass is 19.3. The summed E-state index contributed by atoms with van der Waals surface area (Å²) < 4.78 is 35.4. The monoisotopic (exact) mass is 368 g/mol. The maximum Gasteiger partial charge on any atom is 0.387 e. The van der Waals surface area contributed by atoms with Crippen LogP contribution in [0.1, 0.15) is 5.56 Å². The number of hydrogen-bond donors (Lipinski definition) is 1. The highest BCUT2D eigenvalue weighted by Crippen LogP contribution is 2.36. The summed E-state index contributed by atoms with van der Waals surface area (Å²) in [6.07, 6.45) is 3.83. The Morgan fingerprint density at radius 2 is 2.15 bits per heavy atom. The van der Waals surface area contributed by atoms with Gasteiger partial charge in [-0.1, -0.05) is 0 Å². The van der Waals surface area contributed by atoms with Crippen molar-refractivity contribution in [1.29, 1.82) is 0 Å². The van der Waals surface area contributed by atoms with Crippen LogP contribution in [0.25, 0.3) is 6.08 Å². The molecule has 0 radical (unpaired) electrons. The van der Waals surface area contributed by atoms with Crippen LogP contribution < -0.4 is 14.8 Å². The smallest absolute Gasteiger partial charge is 0.387 e. The quantitative estimate of drug-likeness (QED) is 0.457. The molecule has 0 unspecified atom stereocenters. The number of ether oxygens (including phenoxy) is 2. The van der Waals surface area contributed by atoms with E-state index in [2.05, 4.69) is 15.2 Å². The van der Waals surface area contributed by atoms with Crippen molar-refractivity contribution < 1.29 is 28.0 Å². The Labute approximate surface area is 146 Å². The van der Waals surface area contributed by atoms with Crippen molar-refractivity contribution in [3.8, 4) is 11.5 Å². The fourth-order valence-electron chi connectivity index (χ4n) is 2.02. The molecule has 26 heavy (non-hydrogen) atoms. The second-order valence-corrected chi connectivity index (χ2v) is 4.89. The number of methoxy groups -OCH3 is 1. The zero-order valence-corrected chi connectivity index (χ0v) is 13.7. The Bertz CT molecular complexity index is 851. The van der Waals surface area contributed by atoms with Gasteiger partial charge in [-0.3, -0.25) is 19.6 Å². The molecule has 2 aromatic rings. The van der Waals surface area contributed by atoms with E-state index in [4.69, 9.17) is 4.74 Å². The van der Waals surface area contributed by atoms with Gasteiger partial charge in [0.15, 0.2) is 17.3 Å². The Kier molecular flexibility index (Phi) is 5.83. The summed E-state index contributed by atoms with van der Waals surface area (Å²) in [6, 6.07) is 3.50. The molecule has 0 spiro atoms. The predicted molar refractivity (Wildman–Crippen MR) is 87.2 cm³/mol. The highest BCUT2D eigenvalue weighted by molar-refractivity contribution is 6.01. The molecule has 0 saturated carbocycles. The van der Waals surface area contributed by atoms with Gasteiger partial charge in [-0.25, -0.2) is 0 Å². The SMILES string of the molecule is COc1cc(/C=C/C(=O)Nc2ccn(C)n2)c([N+](=O)[O-])cc1OC(F)F. The number of aromatic nitrogens is 2. The van der Waals surface area contributed by atoms with Crippen LogP contribution in [0.4, 0.5) is 20.3 Å². The molecular formula is C15H14F2N4O5. The second kappa shape index (κ2) is 8.05. The number of nitrogens with one attached hydrogen (secondary N) is 1. The number of amides is 1. The first-order valence-electron chi connectivity index (χ1n) is 7.10. The number of aryl methyl sites for hydroxylation is 1. The van der Waals surface area contributed by atoms with Crippen molar-refractivity contribution in [3.63, 3.8) is 0 Å². The number of halogens is 2. The molecule has 1 N–H and O–H groups in total. The molecule has 2 rings (SSSR count). The maximum atomic E-state index is 12.4. The number of nitro benzene ring substituents is 1. The number of rotatable bonds is 7. The van der Waals surface area contributed by atoms with Gasteiger partial charge in [0.25, 0.3) is 5.69 Å². The molecule has 0 fully saturated rings.